The fourth-order valence-corrected chi connectivity index (χ4v) is 3.44. The van der Waals surface area contributed by atoms with E-state index in [1.807, 2.05) is 18.2 Å². The van der Waals surface area contributed by atoms with E-state index in [4.69, 9.17) is 11.5 Å². The van der Waals surface area contributed by atoms with Gasteiger partial charge < -0.3 is 22.1 Å². The summed E-state index contributed by atoms with van der Waals surface area (Å²) in [4.78, 5) is 20.6. The maximum atomic E-state index is 11.8. The third-order valence-corrected chi connectivity index (χ3v) is 4.93. The third-order valence-electron chi connectivity index (χ3n) is 4.93. The van der Waals surface area contributed by atoms with E-state index >= 15 is 0 Å². The Morgan fingerprint density at radius 3 is 2.89 bits per heavy atom. The minimum atomic E-state index is -0.599. The number of anilines is 3. The molecule has 2 aromatic heterocycles. The molecule has 7 N–H and O–H groups in total. The van der Waals surface area contributed by atoms with E-state index < -0.39 is 5.91 Å². The van der Waals surface area contributed by atoms with Crippen molar-refractivity contribution in [2.45, 2.75) is 37.8 Å². The minimum Gasteiger partial charge on any atom is -0.365 e. The van der Waals surface area contributed by atoms with Crippen molar-refractivity contribution < 1.29 is 4.79 Å². The molecule has 0 saturated heterocycles. The molecule has 1 unspecified atom stereocenters. The van der Waals surface area contributed by atoms with E-state index in [1.54, 1.807) is 6.20 Å². The summed E-state index contributed by atoms with van der Waals surface area (Å²) in [7, 11) is 0. The van der Waals surface area contributed by atoms with Gasteiger partial charge in [0, 0.05) is 23.7 Å². The summed E-state index contributed by atoms with van der Waals surface area (Å²) in [5.41, 5.74) is 13.6. The Bertz CT molecular complexity index is 969. The highest BCUT2D eigenvalue weighted by molar-refractivity contribution is 6.00. The highest BCUT2D eigenvalue weighted by atomic mass is 16.1. The highest BCUT2D eigenvalue weighted by Crippen LogP contribution is 2.27. The molecule has 2 atom stereocenters. The Kier molecular flexibility index (Phi) is 4.59. The highest BCUT2D eigenvalue weighted by Gasteiger charge is 2.23. The molecule has 0 radical (unpaired) electrons. The summed E-state index contributed by atoms with van der Waals surface area (Å²) in [6.45, 7) is 0. The van der Waals surface area contributed by atoms with Crippen LogP contribution in [0, 0.1) is 0 Å². The first kappa shape index (κ1) is 17.2. The molecule has 9 heteroatoms. The average Bonchev–Trinajstić information content (AvgIpc) is 3.13. The quantitative estimate of drug-likeness (QED) is 0.463. The molecule has 2 heterocycles. The summed E-state index contributed by atoms with van der Waals surface area (Å²) in [6.07, 6.45) is 7.36. The molecule has 9 nitrogen and oxygen atoms in total. The van der Waals surface area contributed by atoms with Crippen LogP contribution in [0.2, 0.25) is 0 Å². The predicted octanol–water partition coefficient (Wildman–Crippen LogP) is 1.88. The van der Waals surface area contributed by atoms with Gasteiger partial charge in [-0.3, -0.25) is 9.89 Å². The number of hydrogen-bond donors (Lipinski definition) is 5. The number of hydrogen-bond acceptors (Lipinski definition) is 7. The monoisotopic (exact) mass is 366 g/mol. The Hall–Kier alpha value is -3.20. The fraction of sp³-hybridized carbons (Fsp3) is 0.333. The first-order valence-corrected chi connectivity index (χ1v) is 9.00. The van der Waals surface area contributed by atoms with Gasteiger partial charge in [-0.25, -0.2) is 4.98 Å². The van der Waals surface area contributed by atoms with Gasteiger partial charge in [0.15, 0.2) is 0 Å². The van der Waals surface area contributed by atoms with Crippen molar-refractivity contribution in [2.24, 2.45) is 11.5 Å². The Morgan fingerprint density at radius 2 is 2.07 bits per heavy atom. The molecule has 1 amide bonds. The van der Waals surface area contributed by atoms with Crippen LogP contribution in [0.4, 0.5) is 17.5 Å². The molecular weight excluding hydrogens is 344 g/mol. The molecule has 1 aliphatic carbocycles. The van der Waals surface area contributed by atoms with E-state index in [1.165, 1.54) is 6.20 Å². The molecule has 27 heavy (non-hydrogen) atoms. The number of amides is 1. The van der Waals surface area contributed by atoms with Crippen molar-refractivity contribution >= 4 is 34.3 Å². The van der Waals surface area contributed by atoms with Gasteiger partial charge in [-0.2, -0.15) is 10.1 Å². The molecule has 4 rings (SSSR count). The predicted molar refractivity (Wildman–Crippen MR) is 104 cm³/mol. The molecule has 1 aliphatic rings. The van der Waals surface area contributed by atoms with Crippen LogP contribution in [0.5, 0.6) is 0 Å². The third kappa shape index (κ3) is 3.54. The second-order valence-corrected chi connectivity index (χ2v) is 6.78. The summed E-state index contributed by atoms with van der Waals surface area (Å²) >= 11 is 0. The molecule has 0 aliphatic heterocycles. The first-order chi connectivity index (χ1) is 13.1. The second-order valence-electron chi connectivity index (χ2n) is 6.78. The van der Waals surface area contributed by atoms with Crippen LogP contribution in [-0.2, 0) is 0 Å². The molecule has 0 spiro atoms. The zero-order valence-corrected chi connectivity index (χ0v) is 14.8. The summed E-state index contributed by atoms with van der Waals surface area (Å²) in [5, 5.41) is 14.3. The maximum absolute atomic E-state index is 11.8. The van der Waals surface area contributed by atoms with Gasteiger partial charge in [0.05, 0.1) is 17.4 Å². The zero-order valence-electron chi connectivity index (χ0n) is 14.8. The van der Waals surface area contributed by atoms with E-state index in [2.05, 4.69) is 30.8 Å². The van der Waals surface area contributed by atoms with Crippen molar-refractivity contribution in [3.63, 3.8) is 0 Å². The average molecular weight is 366 g/mol. The van der Waals surface area contributed by atoms with E-state index in [-0.39, 0.29) is 17.6 Å². The lowest BCUT2D eigenvalue weighted by atomic mass is 9.91. The lowest BCUT2D eigenvalue weighted by Gasteiger charge is -2.29. The van der Waals surface area contributed by atoms with Gasteiger partial charge in [-0.15, -0.1) is 0 Å². The number of fused-ring (bicyclic) bond motifs is 1. The van der Waals surface area contributed by atoms with Gasteiger partial charge in [0.1, 0.15) is 11.4 Å². The Balaban J connectivity index is 1.65. The standard InChI is InChI=1S/C18H22N8O/c19-12-4-1-2-5-15(12)24-18-21-8-11(16(20)27)17(25-18)23-13-6-3-7-14-10(13)9-22-26-14/h3,6-9,12,15H,1-2,4-5,19H2,(H2,20,27)(H,22,26)(H2,21,23,24,25)/t12?,15-/m0/s1. The topological polar surface area (TPSA) is 148 Å². The maximum Gasteiger partial charge on any atom is 0.254 e. The number of carbonyl (C=O) groups is 1. The van der Waals surface area contributed by atoms with Crippen molar-refractivity contribution in [3.05, 3.63) is 36.2 Å². The van der Waals surface area contributed by atoms with Crippen LogP contribution in [0.3, 0.4) is 0 Å². The molecule has 1 saturated carbocycles. The Morgan fingerprint density at radius 1 is 1.22 bits per heavy atom. The van der Waals surface area contributed by atoms with Gasteiger partial charge in [-0.05, 0) is 25.0 Å². The number of nitrogens with one attached hydrogen (secondary N) is 3. The Labute approximate surface area is 155 Å². The van der Waals surface area contributed by atoms with Crippen LogP contribution in [0.25, 0.3) is 10.9 Å². The summed E-state index contributed by atoms with van der Waals surface area (Å²) in [5.74, 6) is 0.167. The number of H-pyrrole nitrogens is 1. The first-order valence-electron chi connectivity index (χ1n) is 9.00. The second kappa shape index (κ2) is 7.20. The molecule has 1 fully saturated rings. The van der Waals surface area contributed by atoms with E-state index in [9.17, 15) is 4.79 Å². The molecular formula is C18H22N8O. The molecule has 1 aromatic carbocycles. The SMILES string of the molecule is NC(=O)c1cnc(N[C@H]2CCCCC2N)nc1Nc1cccc2[nH]ncc12. The lowest BCUT2D eigenvalue weighted by Crippen LogP contribution is -2.43. The van der Waals surface area contributed by atoms with Gasteiger partial charge >= 0.3 is 0 Å². The molecule has 3 aromatic rings. The number of carbonyl (C=O) groups excluding carboxylic acids is 1. The lowest BCUT2D eigenvalue weighted by molar-refractivity contribution is 0.100. The van der Waals surface area contributed by atoms with Crippen LogP contribution in [0.1, 0.15) is 36.0 Å². The van der Waals surface area contributed by atoms with Crippen molar-refractivity contribution in [2.75, 3.05) is 10.6 Å². The molecule has 0 bridgehead atoms. The summed E-state index contributed by atoms with van der Waals surface area (Å²) in [6, 6.07) is 5.86. The smallest absolute Gasteiger partial charge is 0.254 e. The van der Waals surface area contributed by atoms with E-state index in [0.29, 0.717) is 11.8 Å². The number of aromatic amines is 1. The number of primary amides is 1. The minimum absolute atomic E-state index is 0.0641. The number of nitrogens with two attached hydrogens (primary N) is 2. The number of aromatic nitrogens is 4. The largest absolute Gasteiger partial charge is 0.365 e. The number of nitrogens with zero attached hydrogens (tertiary/aromatic N) is 3. The van der Waals surface area contributed by atoms with Crippen LogP contribution in [0.15, 0.2) is 30.6 Å². The normalized spacial score (nSPS) is 19.7. The van der Waals surface area contributed by atoms with Crippen molar-refractivity contribution in [3.8, 4) is 0 Å². The van der Waals surface area contributed by atoms with Crippen molar-refractivity contribution in [1.82, 2.24) is 20.2 Å². The van der Waals surface area contributed by atoms with Gasteiger partial charge in [0.25, 0.3) is 5.91 Å². The fourth-order valence-electron chi connectivity index (χ4n) is 3.44. The zero-order chi connectivity index (χ0) is 18.8. The van der Waals surface area contributed by atoms with Gasteiger partial charge in [0.2, 0.25) is 5.95 Å². The van der Waals surface area contributed by atoms with Crippen LogP contribution < -0.4 is 22.1 Å². The molecule has 140 valence electrons. The van der Waals surface area contributed by atoms with E-state index in [0.717, 1.165) is 42.3 Å². The summed E-state index contributed by atoms with van der Waals surface area (Å²) < 4.78 is 0. The number of rotatable bonds is 5. The van der Waals surface area contributed by atoms with Crippen LogP contribution in [-0.4, -0.2) is 38.2 Å². The number of benzene rings is 1. The van der Waals surface area contributed by atoms with Crippen LogP contribution >= 0.6 is 0 Å². The van der Waals surface area contributed by atoms with Gasteiger partial charge in [-0.1, -0.05) is 18.9 Å². The van der Waals surface area contributed by atoms with Crippen molar-refractivity contribution in [1.29, 1.82) is 0 Å².